The van der Waals surface area contributed by atoms with Gasteiger partial charge in [-0.3, -0.25) is 0 Å². The zero-order valence-corrected chi connectivity index (χ0v) is 17.5. The number of aromatic nitrogens is 1. The summed E-state index contributed by atoms with van der Waals surface area (Å²) in [7, 11) is 0. The normalized spacial score (nSPS) is 14.9. The van der Waals surface area contributed by atoms with E-state index in [1.54, 1.807) is 67.0 Å². The van der Waals surface area contributed by atoms with Crippen LogP contribution in [0.1, 0.15) is 32.0 Å². The van der Waals surface area contributed by atoms with Gasteiger partial charge in [-0.1, -0.05) is 30.3 Å². The number of pyridine rings is 1. The van der Waals surface area contributed by atoms with Crippen LogP contribution in [0.25, 0.3) is 11.1 Å². The molecule has 1 aromatic heterocycles. The van der Waals surface area contributed by atoms with Crippen LogP contribution in [0.15, 0.2) is 36.4 Å². The van der Waals surface area contributed by atoms with Crippen molar-refractivity contribution in [2.24, 2.45) is 0 Å². The first-order valence-corrected chi connectivity index (χ1v) is 9.80. The average molecular weight is 432 g/mol. The van der Waals surface area contributed by atoms with Gasteiger partial charge in [-0.2, -0.15) is 18.4 Å². The number of anilines is 1. The van der Waals surface area contributed by atoms with Crippen molar-refractivity contribution in [3.8, 4) is 17.2 Å². The standard InChI is InChI=1S/C22H23F3N4O2/c1-21(2,3)31-20(30)29-11-9-28(10-12-29)18-13-16(15-7-5-4-6-8-15)19(22(23,24)25)17(14-26)27-18/h4-8,13H,9-12H2,1-3H3. The van der Waals surface area contributed by atoms with Gasteiger partial charge in [0.15, 0.2) is 5.69 Å². The summed E-state index contributed by atoms with van der Waals surface area (Å²) in [6.45, 7) is 6.72. The number of amides is 1. The number of hydrogen-bond donors (Lipinski definition) is 0. The Kier molecular flexibility index (Phi) is 6.11. The number of halogens is 3. The second kappa shape index (κ2) is 8.46. The first-order chi connectivity index (χ1) is 14.5. The van der Waals surface area contributed by atoms with Crippen LogP contribution in [0.4, 0.5) is 23.8 Å². The van der Waals surface area contributed by atoms with Gasteiger partial charge in [-0.25, -0.2) is 9.78 Å². The van der Waals surface area contributed by atoms with Crippen LogP contribution >= 0.6 is 0 Å². The van der Waals surface area contributed by atoms with Gasteiger partial charge in [0, 0.05) is 31.7 Å². The second-order valence-corrected chi connectivity index (χ2v) is 8.18. The third-order valence-electron chi connectivity index (χ3n) is 4.74. The smallest absolute Gasteiger partial charge is 0.419 e. The van der Waals surface area contributed by atoms with E-state index in [4.69, 9.17) is 4.74 Å². The Labute approximate surface area is 178 Å². The fourth-order valence-corrected chi connectivity index (χ4v) is 3.35. The number of hydrogen-bond acceptors (Lipinski definition) is 5. The third kappa shape index (κ3) is 5.26. The van der Waals surface area contributed by atoms with Gasteiger partial charge in [0.25, 0.3) is 0 Å². The van der Waals surface area contributed by atoms with E-state index < -0.39 is 29.1 Å². The molecule has 9 heteroatoms. The van der Waals surface area contributed by atoms with Gasteiger partial charge in [0.2, 0.25) is 0 Å². The van der Waals surface area contributed by atoms with E-state index in [1.807, 2.05) is 0 Å². The molecule has 1 aliphatic heterocycles. The zero-order valence-electron chi connectivity index (χ0n) is 17.5. The maximum atomic E-state index is 13.8. The van der Waals surface area contributed by atoms with E-state index >= 15 is 0 Å². The minimum absolute atomic E-state index is 0.0933. The Morgan fingerprint density at radius 1 is 1.10 bits per heavy atom. The van der Waals surface area contributed by atoms with Crippen LogP contribution in [-0.2, 0) is 10.9 Å². The number of piperazine rings is 1. The third-order valence-corrected chi connectivity index (χ3v) is 4.74. The van der Waals surface area contributed by atoms with Crippen LogP contribution in [0.3, 0.4) is 0 Å². The van der Waals surface area contributed by atoms with Gasteiger partial charge in [0.1, 0.15) is 17.5 Å². The van der Waals surface area contributed by atoms with Crippen LogP contribution in [0.2, 0.25) is 0 Å². The lowest BCUT2D eigenvalue weighted by Gasteiger charge is -2.36. The summed E-state index contributed by atoms with van der Waals surface area (Å²) >= 11 is 0. The number of alkyl halides is 3. The molecule has 1 amide bonds. The number of rotatable bonds is 2. The number of nitrogens with zero attached hydrogens (tertiary/aromatic N) is 4. The highest BCUT2D eigenvalue weighted by atomic mass is 19.4. The van der Waals surface area contributed by atoms with Crippen molar-refractivity contribution >= 4 is 11.9 Å². The monoisotopic (exact) mass is 432 g/mol. The molecule has 2 aromatic rings. The largest absolute Gasteiger partial charge is 0.444 e. The highest BCUT2D eigenvalue weighted by Crippen LogP contribution is 2.40. The summed E-state index contributed by atoms with van der Waals surface area (Å²) in [5.74, 6) is 0.271. The van der Waals surface area contributed by atoms with Crippen molar-refractivity contribution < 1.29 is 22.7 Å². The summed E-state index contributed by atoms with van der Waals surface area (Å²) < 4.78 is 46.7. The van der Waals surface area contributed by atoms with E-state index in [9.17, 15) is 23.2 Å². The molecule has 3 rings (SSSR count). The molecule has 1 saturated heterocycles. The van der Waals surface area contributed by atoms with Crippen molar-refractivity contribution in [2.45, 2.75) is 32.5 Å². The van der Waals surface area contributed by atoms with Crippen molar-refractivity contribution in [3.63, 3.8) is 0 Å². The molecule has 2 heterocycles. The summed E-state index contributed by atoms with van der Waals surface area (Å²) in [6, 6.07) is 11.1. The molecule has 0 spiro atoms. The Hall–Kier alpha value is -3.28. The second-order valence-electron chi connectivity index (χ2n) is 8.18. The lowest BCUT2D eigenvalue weighted by molar-refractivity contribution is -0.137. The molecule has 6 nitrogen and oxygen atoms in total. The van der Waals surface area contributed by atoms with E-state index in [0.717, 1.165) is 0 Å². The highest BCUT2D eigenvalue weighted by Gasteiger charge is 2.38. The first-order valence-electron chi connectivity index (χ1n) is 9.80. The van der Waals surface area contributed by atoms with Gasteiger partial charge >= 0.3 is 12.3 Å². The summed E-state index contributed by atoms with van der Waals surface area (Å²) in [4.78, 5) is 19.6. The molecular weight excluding hydrogens is 409 g/mol. The quantitative estimate of drug-likeness (QED) is 0.688. The first kappa shape index (κ1) is 22.4. The number of benzene rings is 1. The fraction of sp³-hybridized carbons (Fsp3) is 0.409. The fourth-order valence-electron chi connectivity index (χ4n) is 3.35. The molecule has 0 saturated carbocycles. The maximum absolute atomic E-state index is 13.8. The van der Waals surface area contributed by atoms with Gasteiger partial charge < -0.3 is 14.5 Å². The van der Waals surface area contributed by atoms with E-state index in [2.05, 4.69) is 4.98 Å². The predicted octanol–water partition coefficient (Wildman–Crippen LogP) is 4.70. The lowest BCUT2D eigenvalue weighted by atomic mass is 9.98. The minimum atomic E-state index is -4.73. The highest BCUT2D eigenvalue weighted by molar-refractivity contribution is 5.74. The van der Waals surface area contributed by atoms with Crippen molar-refractivity contribution in [1.82, 2.24) is 9.88 Å². The molecule has 1 aromatic carbocycles. The SMILES string of the molecule is CC(C)(C)OC(=O)N1CCN(c2cc(-c3ccccc3)c(C(F)(F)F)c(C#N)n2)CC1. The van der Waals surface area contributed by atoms with Gasteiger partial charge in [-0.15, -0.1) is 0 Å². The minimum Gasteiger partial charge on any atom is -0.444 e. The molecule has 0 unspecified atom stereocenters. The van der Waals surface area contributed by atoms with Crippen molar-refractivity contribution in [1.29, 1.82) is 5.26 Å². The van der Waals surface area contributed by atoms with E-state index in [1.165, 1.54) is 6.07 Å². The van der Waals surface area contributed by atoms with Gasteiger partial charge in [0.05, 0.1) is 5.56 Å². The van der Waals surface area contributed by atoms with Crippen LogP contribution < -0.4 is 4.90 Å². The zero-order chi connectivity index (χ0) is 22.8. The van der Waals surface area contributed by atoms with Gasteiger partial charge in [-0.05, 0) is 32.4 Å². The summed E-state index contributed by atoms with van der Waals surface area (Å²) in [6.07, 6.45) is -5.16. The lowest BCUT2D eigenvalue weighted by Crippen LogP contribution is -2.50. The number of carbonyl (C=O) groups excluding carboxylic acids is 1. The average Bonchev–Trinajstić information content (AvgIpc) is 2.71. The molecule has 0 bridgehead atoms. The molecule has 0 N–H and O–H groups in total. The molecule has 0 atom stereocenters. The summed E-state index contributed by atoms with van der Waals surface area (Å²) in [5.41, 5.74) is -2.07. The molecule has 1 fully saturated rings. The molecule has 31 heavy (non-hydrogen) atoms. The van der Waals surface area contributed by atoms with Crippen molar-refractivity contribution in [2.75, 3.05) is 31.1 Å². The molecule has 0 radical (unpaired) electrons. The summed E-state index contributed by atoms with van der Waals surface area (Å²) in [5, 5.41) is 9.40. The molecular formula is C22H23F3N4O2. The van der Waals surface area contributed by atoms with E-state index in [0.29, 0.717) is 31.7 Å². The number of ether oxygens (including phenoxy) is 1. The molecule has 164 valence electrons. The molecule has 0 aliphatic carbocycles. The predicted molar refractivity (Wildman–Crippen MR) is 109 cm³/mol. The van der Waals surface area contributed by atoms with Crippen LogP contribution in [0, 0.1) is 11.3 Å². The Morgan fingerprint density at radius 3 is 2.23 bits per heavy atom. The number of carbonyl (C=O) groups is 1. The Morgan fingerprint density at radius 2 is 1.71 bits per heavy atom. The topological polar surface area (TPSA) is 69.5 Å². The van der Waals surface area contributed by atoms with Crippen molar-refractivity contribution in [3.05, 3.63) is 47.7 Å². The maximum Gasteiger partial charge on any atom is 0.419 e. The Bertz CT molecular complexity index is 987. The van der Waals surface area contributed by atoms with Crippen LogP contribution in [-0.4, -0.2) is 47.8 Å². The Balaban J connectivity index is 1.92. The van der Waals surface area contributed by atoms with E-state index in [-0.39, 0.29) is 11.4 Å². The van der Waals surface area contributed by atoms with Crippen LogP contribution in [0.5, 0.6) is 0 Å². The number of nitriles is 1. The molecule has 1 aliphatic rings.